The Balaban J connectivity index is 1.79. The van der Waals surface area contributed by atoms with Gasteiger partial charge in [0.15, 0.2) is 0 Å². The minimum absolute atomic E-state index is 0.202. The zero-order chi connectivity index (χ0) is 17.8. The molecule has 6 heteroatoms. The van der Waals surface area contributed by atoms with Crippen LogP contribution in [0.1, 0.15) is 22.1 Å². The molecule has 2 aliphatic rings. The van der Waals surface area contributed by atoms with Crippen molar-refractivity contribution in [3.63, 3.8) is 0 Å². The second-order valence-corrected chi connectivity index (χ2v) is 7.64. The van der Waals surface area contributed by atoms with Crippen molar-refractivity contribution in [1.29, 1.82) is 0 Å². The standard InChI is InChI=1S/C20H16N2O3S/c1-10-21-19-15(26-10)8-7-13-17(19)16(11-3-5-12(24-2)6-4-11)18-14(22-13)9-25-20(18)23/h3-8,16,22H,9H2,1-2H3. The summed E-state index contributed by atoms with van der Waals surface area (Å²) in [6.45, 7) is 2.29. The number of benzene rings is 2. The van der Waals surface area contributed by atoms with Gasteiger partial charge in [0, 0.05) is 17.2 Å². The highest BCUT2D eigenvalue weighted by molar-refractivity contribution is 7.18. The predicted octanol–water partition coefficient (Wildman–Crippen LogP) is 3.98. The first-order valence-electron chi connectivity index (χ1n) is 8.37. The number of aryl methyl sites for hydroxylation is 1. The molecule has 0 saturated heterocycles. The lowest BCUT2D eigenvalue weighted by molar-refractivity contribution is -0.136. The summed E-state index contributed by atoms with van der Waals surface area (Å²) in [5, 5.41) is 4.40. The zero-order valence-electron chi connectivity index (χ0n) is 14.3. The Labute approximate surface area is 154 Å². The average Bonchev–Trinajstić information content (AvgIpc) is 3.22. The maximum atomic E-state index is 12.5. The summed E-state index contributed by atoms with van der Waals surface area (Å²) in [4.78, 5) is 17.3. The van der Waals surface area contributed by atoms with E-state index >= 15 is 0 Å². The van der Waals surface area contributed by atoms with E-state index < -0.39 is 0 Å². The normalized spacial score (nSPS) is 18.4. The maximum absolute atomic E-state index is 12.5. The van der Waals surface area contributed by atoms with Crippen molar-refractivity contribution in [2.75, 3.05) is 19.0 Å². The Morgan fingerprint density at radius 3 is 2.81 bits per heavy atom. The molecule has 0 saturated carbocycles. The molecule has 0 aliphatic carbocycles. The van der Waals surface area contributed by atoms with E-state index in [4.69, 9.17) is 14.5 Å². The van der Waals surface area contributed by atoms with Crippen molar-refractivity contribution < 1.29 is 14.3 Å². The molecule has 26 heavy (non-hydrogen) atoms. The molecule has 1 aromatic heterocycles. The van der Waals surface area contributed by atoms with Gasteiger partial charge >= 0.3 is 5.97 Å². The molecule has 5 rings (SSSR count). The number of esters is 1. The van der Waals surface area contributed by atoms with E-state index in [1.165, 1.54) is 0 Å². The van der Waals surface area contributed by atoms with Gasteiger partial charge in [-0.15, -0.1) is 11.3 Å². The predicted molar refractivity (Wildman–Crippen MR) is 101 cm³/mol. The van der Waals surface area contributed by atoms with Crippen LogP contribution in [0.15, 0.2) is 47.7 Å². The molecule has 2 aliphatic heterocycles. The van der Waals surface area contributed by atoms with Crippen molar-refractivity contribution >= 4 is 33.2 Å². The fourth-order valence-electron chi connectivity index (χ4n) is 3.77. The summed E-state index contributed by atoms with van der Waals surface area (Å²) >= 11 is 1.66. The van der Waals surface area contributed by atoms with Crippen LogP contribution >= 0.6 is 11.3 Å². The second-order valence-electron chi connectivity index (χ2n) is 6.41. The molecule has 0 fully saturated rings. The largest absolute Gasteiger partial charge is 0.497 e. The number of methoxy groups -OCH3 is 1. The summed E-state index contributed by atoms with van der Waals surface area (Å²) in [7, 11) is 1.64. The highest BCUT2D eigenvalue weighted by Gasteiger charge is 2.39. The Kier molecular flexibility index (Phi) is 3.30. The van der Waals surface area contributed by atoms with Crippen LogP contribution in [0.25, 0.3) is 10.2 Å². The zero-order valence-corrected chi connectivity index (χ0v) is 15.1. The monoisotopic (exact) mass is 364 g/mol. The summed E-state index contributed by atoms with van der Waals surface area (Å²) in [5.74, 6) is 0.323. The molecule has 0 amide bonds. The lowest BCUT2D eigenvalue weighted by Crippen LogP contribution is -2.20. The van der Waals surface area contributed by atoms with Crippen molar-refractivity contribution in [1.82, 2.24) is 4.98 Å². The number of fused-ring (bicyclic) bond motifs is 3. The van der Waals surface area contributed by atoms with Gasteiger partial charge in [-0.2, -0.15) is 0 Å². The van der Waals surface area contributed by atoms with Crippen LogP contribution in [-0.2, 0) is 9.53 Å². The molecule has 2 aromatic carbocycles. The van der Waals surface area contributed by atoms with Gasteiger partial charge in [-0.3, -0.25) is 0 Å². The molecule has 130 valence electrons. The third-order valence-corrected chi connectivity index (χ3v) is 5.85. The van der Waals surface area contributed by atoms with Gasteiger partial charge in [-0.1, -0.05) is 12.1 Å². The molecule has 3 aromatic rings. The fourth-order valence-corrected chi connectivity index (χ4v) is 4.62. The number of hydrogen-bond donors (Lipinski definition) is 1. The molecule has 0 spiro atoms. The summed E-state index contributed by atoms with van der Waals surface area (Å²) < 4.78 is 11.7. The maximum Gasteiger partial charge on any atom is 0.337 e. The first kappa shape index (κ1) is 15.4. The second kappa shape index (κ2) is 5.57. The first-order chi connectivity index (χ1) is 12.7. The van der Waals surface area contributed by atoms with Gasteiger partial charge in [-0.25, -0.2) is 9.78 Å². The molecule has 0 bridgehead atoms. The number of ether oxygens (including phenoxy) is 2. The van der Waals surface area contributed by atoms with Crippen LogP contribution in [0.2, 0.25) is 0 Å². The Morgan fingerprint density at radius 2 is 2.04 bits per heavy atom. The number of hydrogen-bond acceptors (Lipinski definition) is 6. The molecule has 3 heterocycles. The lowest BCUT2D eigenvalue weighted by atomic mass is 9.80. The van der Waals surface area contributed by atoms with Crippen LogP contribution in [0.3, 0.4) is 0 Å². The van der Waals surface area contributed by atoms with Gasteiger partial charge < -0.3 is 14.8 Å². The summed E-state index contributed by atoms with van der Waals surface area (Å²) in [5.41, 5.74) is 5.52. The molecule has 0 radical (unpaired) electrons. The lowest BCUT2D eigenvalue weighted by Gasteiger charge is -2.27. The van der Waals surface area contributed by atoms with Crippen molar-refractivity contribution in [3.8, 4) is 5.75 Å². The van der Waals surface area contributed by atoms with Crippen molar-refractivity contribution in [2.45, 2.75) is 12.8 Å². The summed E-state index contributed by atoms with van der Waals surface area (Å²) in [6, 6.07) is 12.0. The van der Waals surface area contributed by atoms with E-state index in [1.54, 1.807) is 18.4 Å². The van der Waals surface area contributed by atoms with E-state index in [9.17, 15) is 4.79 Å². The Bertz CT molecular complexity index is 1080. The molecule has 1 unspecified atom stereocenters. The number of carbonyl (C=O) groups is 1. The number of nitrogens with one attached hydrogen (secondary N) is 1. The molecule has 5 nitrogen and oxygen atoms in total. The smallest absolute Gasteiger partial charge is 0.337 e. The van der Waals surface area contributed by atoms with Crippen LogP contribution in [0.4, 0.5) is 5.69 Å². The number of anilines is 1. The average molecular weight is 364 g/mol. The minimum atomic E-state index is -0.261. The first-order valence-corrected chi connectivity index (χ1v) is 9.18. The molecule has 1 N–H and O–H groups in total. The van der Waals surface area contributed by atoms with Crippen LogP contribution in [-0.4, -0.2) is 24.7 Å². The summed E-state index contributed by atoms with van der Waals surface area (Å²) in [6.07, 6.45) is 0. The third kappa shape index (κ3) is 2.15. The number of nitrogens with zero attached hydrogens (tertiary/aromatic N) is 1. The van der Waals surface area contributed by atoms with E-state index in [0.717, 1.165) is 43.5 Å². The highest BCUT2D eigenvalue weighted by Crippen LogP contribution is 2.47. The molecular formula is C20H16N2O3S. The SMILES string of the molecule is COc1ccc(C2C3=C(COC3=O)Nc3ccc4sc(C)nc4c32)cc1. The van der Waals surface area contributed by atoms with E-state index in [0.29, 0.717) is 5.57 Å². The quantitative estimate of drug-likeness (QED) is 0.697. The van der Waals surface area contributed by atoms with Gasteiger partial charge in [0.05, 0.1) is 33.6 Å². The number of carbonyl (C=O) groups excluding carboxylic acids is 1. The number of cyclic esters (lactones) is 1. The Morgan fingerprint density at radius 1 is 1.23 bits per heavy atom. The van der Waals surface area contributed by atoms with E-state index in [2.05, 4.69) is 17.4 Å². The fraction of sp³-hybridized carbons (Fsp3) is 0.200. The van der Waals surface area contributed by atoms with Crippen LogP contribution in [0.5, 0.6) is 5.75 Å². The molecule has 1 atom stereocenters. The van der Waals surface area contributed by atoms with Gasteiger partial charge in [0.2, 0.25) is 0 Å². The van der Waals surface area contributed by atoms with Crippen LogP contribution in [0, 0.1) is 6.92 Å². The topological polar surface area (TPSA) is 60.5 Å². The third-order valence-electron chi connectivity index (χ3n) is 4.91. The van der Waals surface area contributed by atoms with Crippen molar-refractivity contribution in [3.05, 3.63) is 63.8 Å². The number of aromatic nitrogens is 1. The number of thiazole rings is 1. The van der Waals surface area contributed by atoms with Gasteiger partial charge in [0.25, 0.3) is 0 Å². The highest BCUT2D eigenvalue weighted by atomic mass is 32.1. The van der Waals surface area contributed by atoms with Crippen LogP contribution < -0.4 is 10.1 Å². The minimum Gasteiger partial charge on any atom is -0.497 e. The Hall–Kier alpha value is -2.86. The van der Waals surface area contributed by atoms with E-state index in [1.807, 2.05) is 31.2 Å². The number of rotatable bonds is 2. The van der Waals surface area contributed by atoms with Crippen molar-refractivity contribution in [2.24, 2.45) is 0 Å². The molecular weight excluding hydrogens is 348 g/mol. The van der Waals surface area contributed by atoms with E-state index in [-0.39, 0.29) is 18.5 Å². The van der Waals surface area contributed by atoms with Gasteiger partial charge in [-0.05, 0) is 36.8 Å². The van der Waals surface area contributed by atoms with Gasteiger partial charge in [0.1, 0.15) is 12.4 Å².